The minimum Gasteiger partial charge on any atom is -0.394 e. The van der Waals surface area contributed by atoms with E-state index in [1.165, 1.54) is 12.3 Å². The zero-order valence-electron chi connectivity index (χ0n) is 9.07. The molecule has 0 spiro atoms. The zero-order valence-corrected chi connectivity index (χ0v) is 9.07. The van der Waals surface area contributed by atoms with Gasteiger partial charge in [0.2, 0.25) is 0 Å². The van der Waals surface area contributed by atoms with E-state index in [4.69, 9.17) is 10.3 Å². The zero-order chi connectivity index (χ0) is 11.7. The van der Waals surface area contributed by atoms with Crippen molar-refractivity contribution >= 4 is 11.4 Å². The fourth-order valence-electron chi connectivity index (χ4n) is 1.48. The molecule has 84 valence electrons. The molecule has 5 heteroatoms. The van der Waals surface area contributed by atoms with Crippen LogP contribution in [0.25, 0.3) is 11.3 Å². The highest BCUT2D eigenvalue weighted by Crippen LogP contribution is 2.28. The first-order valence-corrected chi connectivity index (χ1v) is 4.77. The van der Waals surface area contributed by atoms with Crippen LogP contribution in [-0.2, 0) is 0 Å². The molecule has 0 aliphatic carbocycles. The molecule has 1 aromatic carbocycles. The molecule has 1 aromatic heterocycles. The Bertz CT molecular complexity index is 508. The van der Waals surface area contributed by atoms with E-state index in [0.717, 1.165) is 0 Å². The highest BCUT2D eigenvalue weighted by molar-refractivity contribution is 5.71. The lowest BCUT2D eigenvalue weighted by atomic mass is 10.1. The molecule has 2 N–H and O–H groups in total. The molecule has 0 amide bonds. The van der Waals surface area contributed by atoms with Crippen molar-refractivity contribution in [3.63, 3.8) is 0 Å². The van der Waals surface area contributed by atoms with Crippen LogP contribution in [0.3, 0.4) is 0 Å². The predicted octanol–water partition coefficient (Wildman–Crippen LogP) is 2.13. The number of nitrogens with two attached hydrogens (primary N) is 1. The standard InChI is InChI=1S/C11H12FN3O/c1-15(2)10-4-3-7(5-8(10)12)11-9(13)6-14-16-11/h3-6H,13H2,1-2H3. The van der Waals surface area contributed by atoms with Crippen LogP contribution in [-0.4, -0.2) is 19.3 Å². The van der Waals surface area contributed by atoms with Gasteiger partial charge in [0.05, 0.1) is 11.9 Å². The molecule has 0 aliphatic heterocycles. The van der Waals surface area contributed by atoms with Crippen molar-refractivity contribution in [2.24, 2.45) is 0 Å². The van der Waals surface area contributed by atoms with Crippen molar-refractivity contribution in [2.75, 3.05) is 24.7 Å². The molecule has 4 nitrogen and oxygen atoms in total. The number of hydrogen-bond donors (Lipinski definition) is 1. The van der Waals surface area contributed by atoms with Crippen LogP contribution in [0.15, 0.2) is 28.9 Å². The topological polar surface area (TPSA) is 55.3 Å². The summed E-state index contributed by atoms with van der Waals surface area (Å²) in [6, 6.07) is 4.80. The van der Waals surface area contributed by atoms with E-state index in [0.29, 0.717) is 22.7 Å². The van der Waals surface area contributed by atoms with Gasteiger partial charge < -0.3 is 15.2 Å². The molecule has 0 atom stereocenters. The highest BCUT2D eigenvalue weighted by Gasteiger charge is 2.11. The molecule has 0 aliphatic rings. The van der Waals surface area contributed by atoms with Gasteiger partial charge in [0, 0.05) is 19.7 Å². The number of rotatable bonds is 2. The second-order valence-electron chi connectivity index (χ2n) is 3.67. The van der Waals surface area contributed by atoms with Crippen LogP contribution < -0.4 is 10.6 Å². The quantitative estimate of drug-likeness (QED) is 0.844. The van der Waals surface area contributed by atoms with E-state index in [-0.39, 0.29) is 5.82 Å². The number of halogens is 1. The predicted molar refractivity (Wildman–Crippen MR) is 60.6 cm³/mol. The van der Waals surface area contributed by atoms with Crippen LogP contribution in [0.2, 0.25) is 0 Å². The maximum Gasteiger partial charge on any atom is 0.189 e. The molecular formula is C11H12FN3O. The van der Waals surface area contributed by atoms with Gasteiger partial charge in [-0.2, -0.15) is 0 Å². The van der Waals surface area contributed by atoms with Gasteiger partial charge in [0.25, 0.3) is 0 Å². The molecule has 0 fully saturated rings. The van der Waals surface area contributed by atoms with Gasteiger partial charge in [-0.1, -0.05) is 5.16 Å². The summed E-state index contributed by atoms with van der Waals surface area (Å²) in [5, 5.41) is 3.55. The second-order valence-corrected chi connectivity index (χ2v) is 3.67. The molecule has 0 unspecified atom stereocenters. The Kier molecular flexibility index (Phi) is 2.52. The molecule has 2 aromatic rings. The smallest absolute Gasteiger partial charge is 0.189 e. The molecule has 0 bridgehead atoms. The summed E-state index contributed by atoms with van der Waals surface area (Å²) in [4.78, 5) is 1.70. The average Bonchev–Trinajstić information content (AvgIpc) is 2.63. The summed E-state index contributed by atoms with van der Waals surface area (Å²) in [7, 11) is 3.56. The lowest BCUT2D eigenvalue weighted by molar-refractivity contribution is 0.432. The summed E-state index contributed by atoms with van der Waals surface area (Å²) >= 11 is 0. The van der Waals surface area contributed by atoms with Gasteiger partial charge in [0.15, 0.2) is 5.76 Å². The lowest BCUT2D eigenvalue weighted by Gasteiger charge is -2.13. The first kappa shape index (κ1) is 10.5. The molecule has 0 saturated carbocycles. The fourth-order valence-corrected chi connectivity index (χ4v) is 1.48. The maximum absolute atomic E-state index is 13.7. The first-order chi connectivity index (χ1) is 7.59. The van der Waals surface area contributed by atoms with E-state index in [9.17, 15) is 4.39 Å². The van der Waals surface area contributed by atoms with Gasteiger partial charge in [-0.25, -0.2) is 4.39 Å². The monoisotopic (exact) mass is 221 g/mol. The van der Waals surface area contributed by atoms with Crippen molar-refractivity contribution in [3.05, 3.63) is 30.2 Å². The Morgan fingerprint density at radius 3 is 2.62 bits per heavy atom. The van der Waals surface area contributed by atoms with E-state index in [1.807, 2.05) is 0 Å². The van der Waals surface area contributed by atoms with Crippen LogP contribution in [0.5, 0.6) is 0 Å². The van der Waals surface area contributed by atoms with Crippen LogP contribution in [0, 0.1) is 5.82 Å². The SMILES string of the molecule is CN(C)c1ccc(-c2oncc2N)cc1F. The Hall–Kier alpha value is -2.04. The fraction of sp³-hybridized carbons (Fsp3) is 0.182. The lowest BCUT2D eigenvalue weighted by Crippen LogP contribution is -2.10. The average molecular weight is 221 g/mol. The molecular weight excluding hydrogens is 209 g/mol. The number of anilines is 2. The van der Waals surface area contributed by atoms with Gasteiger partial charge in [-0.3, -0.25) is 0 Å². The molecule has 1 heterocycles. The number of nitrogens with zero attached hydrogens (tertiary/aromatic N) is 2. The Morgan fingerprint density at radius 2 is 2.12 bits per heavy atom. The third kappa shape index (κ3) is 1.71. The normalized spacial score (nSPS) is 10.4. The van der Waals surface area contributed by atoms with Crippen molar-refractivity contribution < 1.29 is 8.91 Å². The Morgan fingerprint density at radius 1 is 1.38 bits per heavy atom. The maximum atomic E-state index is 13.7. The van der Waals surface area contributed by atoms with Crippen molar-refractivity contribution in [1.82, 2.24) is 5.16 Å². The Balaban J connectivity index is 2.46. The second kappa shape index (κ2) is 3.84. The van der Waals surface area contributed by atoms with Crippen molar-refractivity contribution in [3.8, 4) is 11.3 Å². The summed E-state index contributed by atoms with van der Waals surface area (Å²) in [6.45, 7) is 0. The minimum absolute atomic E-state index is 0.321. The van der Waals surface area contributed by atoms with Gasteiger partial charge in [-0.05, 0) is 18.2 Å². The first-order valence-electron chi connectivity index (χ1n) is 4.77. The number of aromatic nitrogens is 1. The van der Waals surface area contributed by atoms with Crippen molar-refractivity contribution in [1.29, 1.82) is 0 Å². The summed E-state index contributed by atoms with van der Waals surface area (Å²) in [6.07, 6.45) is 1.40. The molecule has 0 radical (unpaired) electrons. The number of nitrogen functional groups attached to an aromatic ring is 1. The van der Waals surface area contributed by atoms with E-state index < -0.39 is 0 Å². The molecule has 16 heavy (non-hydrogen) atoms. The largest absolute Gasteiger partial charge is 0.394 e. The molecule has 2 rings (SSSR count). The van der Waals surface area contributed by atoms with E-state index >= 15 is 0 Å². The van der Waals surface area contributed by atoms with Crippen LogP contribution in [0.4, 0.5) is 15.8 Å². The number of hydrogen-bond acceptors (Lipinski definition) is 4. The Labute approximate surface area is 92.4 Å². The third-order valence-corrected chi connectivity index (χ3v) is 2.29. The van der Waals surface area contributed by atoms with Crippen molar-refractivity contribution in [2.45, 2.75) is 0 Å². The van der Waals surface area contributed by atoms with E-state index in [2.05, 4.69) is 5.16 Å². The van der Waals surface area contributed by atoms with Crippen LogP contribution >= 0.6 is 0 Å². The number of benzene rings is 1. The third-order valence-electron chi connectivity index (χ3n) is 2.29. The minimum atomic E-state index is -0.321. The highest BCUT2D eigenvalue weighted by atomic mass is 19.1. The van der Waals surface area contributed by atoms with Gasteiger partial charge >= 0.3 is 0 Å². The summed E-state index contributed by atoms with van der Waals surface area (Å²) in [5.74, 6) is 0.0718. The summed E-state index contributed by atoms with van der Waals surface area (Å²) in [5.41, 5.74) is 7.13. The van der Waals surface area contributed by atoms with E-state index in [1.54, 1.807) is 31.1 Å². The van der Waals surface area contributed by atoms with Crippen LogP contribution in [0.1, 0.15) is 0 Å². The van der Waals surface area contributed by atoms with Gasteiger partial charge in [0.1, 0.15) is 11.5 Å². The van der Waals surface area contributed by atoms with Gasteiger partial charge in [-0.15, -0.1) is 0 Å². The molecule has 0 saturated heterocycles. The summed E-state index contributed by atoms with van der Waals surface area (Å²) < 4.78 is 18.6.